The molecule has 0 radical (unpaired) electrons. The van der Waals surface area contributed by atoms with Crippen LogP contribution in [0.1, 0.15) is 49.1 Å². The summed E-state index contributed by atoms with van der Waals surface area (Å²) in [5.41, 5.74) is -0.312. The number of halogens is 4. The molecule has 2 aliphatic heterocycles. The van der Waals surface area contributed by atoms with Gasteiger partial charge in [0, 0.05) is 23.4 Å². The zero-order chi connectivity index (χ0) is 20.3. The molecule has 0 saturated heterocycles. The van der Waals surface area contributed by atoms with Crippen molar-refractivity contribution in [2.75, 3.05) is 5.75 Å². The molecule has 1 unspecified atom stereocenters. The summed E-state index contributed by atoms with van der Waals surface area (Å²) in [4.78, 5) is 12.6. The van der Waals surface area contributed by atoms with Crippen molar-refractivity contribution in [3.8, 4) is 0 Å². The van der Waals surface area contributed by atoms with Crippen molar-refractivity contribution in [3.63, 3.8) is 0 Å². The lowest BCUT2D eigenvalue weighted by molar-refractivity contribution is -0.140. The normalized spacial score (nSPS) is 24.6. The lowest BCUT2D eigenvalue weighted by atomic mass is 9.78. The van der Waals surface area contributed by atoms with Gasteiger partial charge in [-0.1, -0.05) is 6.07 Å². The third-order valence-electron chi connectivity index (χ3n) is 5.41. The van der Waals surface area contributed by atoms with Gasteiger partial charge in [0.2, 0.25) is 0 Å². The van der Waals surface area contributed by atoms with Gasteiger partial charge in [-0.3, -0.25) is 4.79 Å². The van der Waals surface area contributed by atoms with E-state index >= 15 is 0 Å². The number of Topliss-reactive ketones (excluding diaryl/α,β-unsaturated/α-hetero) is 1. The Morgan fingerprint density at radius 2 is 1.75 bits per heavy atom. The monoisotopic (exact) mass is 415 g/mol. The topological polar surface area (TPSA) is 63.2 Å². The number of carbonyl (C=O) groups is 1. The lowest BCUT2D eigenvalue weighted by Gasteiger charge is -2.37. The van der Waals surface area contributed by atoms with Gasteiger partial charge in [0.25, 0.3) is 0 Å². The highest BCUT2D eigenvalue weighted by Crippen LogP contribution is 2.47. The van der Waals surface area contributed by atoms with Gasteiger partial charge in [0.05, 0.1) is 22.1 Å². The molecule has 4 rings (SSSR count). The molecule has 0 saturated carbocycles. The highest BCUT2D eigenvalue weighted by Gasteiger charge is 2.44. The van der Waals surface area contributed by atoms with Crippen LogP contribution in [0.2, 0.25) is 0 Å². The molecule has 0 amide bonds. The largest absolute Gasteiger partial charge is 0.419 e. The zero-order valence-electron chi connectivity index (χ0n) is 14.7. The SMILES string of the molecule is O=C1CCCC2=C1C(c1ccc(F)c(C(F)(F)F)c1)C1=C(CCCS1(=O)=O)N2. The average Bonchev–Trinajstić information content (AvgIpc) is 2.59. The molecule has 0 fully saturated rings. The van der Waals surface area contributed by atoms with Gasteiger partial charge in [0.15, 0.2) is 15.6 Å². The Kier molecular flexibility index (Phi) is 4.41. The molecular weight excluding hydrogens is 398 g/mol. The van der Waals surface area contributed by atoms with Crippen LogP contribution in [0.25, 0.3) is 0 Å². The first-order valence-corrected chi connectivity index (χ1v) is 10.6. The molecule has 0 aromatic heterocycles. The molecule has 1 aromatic rings. The van der Waals surface area contributed by atoms with E-state index in [1.54, 1.807) is 0 Å². The van der Waals surface area contributed by atoms with Crippen molar-refractivity contribution in [1.29, 1.82) is 0 Å². The summed E-state index contributed by atoms with van der Waals surface area (Å²) in [5.74, 6) is -2.99. The van der Waals surface area contributed by atoms with E-state index in [-0.39, 0.29) is 34.0 Å². The molecule has 28 heavy (non-hydrogen) atoms. The van der Waals surface area contributed by atoms with Gasteiger partial charge in [0.1, 0.15) is 5.82 Å². The molecule has 3 aliphatic rings. The summed E-state index contributed by atoms with van der Waals surface area (Å²) in [5, 5.41) is 3.06. The summed E-state index contributed by atoms with van der Waals surface area (Å²) >= 11 is 0. The van der Waals surface area contributed by atoms with Crippen LogP contribution in [0.3, 0.4) is 0 Å². The van der Waals surface area contributed by atoms with Crippen LogP contribution in [-0.4, -0.2) is 20.0 Å². The van der Waals surface area contributed by atoms with Crippen LogP contribution in [0.5, 0.6) is 0 Å². The van der Waals surface area contributed by atoms with Gasteiger partial charge < -0.3 is 5.32 Å². The van der Waals surface area contributed by atoms with E-state index in [2.05, 4.69) is 5.32 Å². The first-order valence-electron chi connectivity index (χ1n) is 8.95. The number of carbonyl (C=O) groups excluding carboxylic acids is 1. The number of hydrogen-bond acceptors (Lipinski definition) is 4. The number of allylic oxidation sites excluding steroid dienone is 4. The van der Waals surface area contributed by atoms with E-state index < -0.39 is 33.3 Å². The van der Waals surface area contributed by atoms with Crippen molar-refractivity contribution in [3.05, 3.63) is 57.0 Å². The summed E-state index contributed by atoms with van der Waals surface area (Å²) in [6.45, 7) is 0. The Bertz CT molecular complexity index is 1040. The van der Waals surface area contributed by atoms with Crippen molar-refractivity contribution >= 4 is 15.6 Å². The Morgan fingerprint density at radius 3 is 2.46 bits per heavy atom. The smallest absolute Gasteiger partial charge is 0.361 e. The molecule has 4 nitrogen and oxygen atoms in total. The zero-order valence-corrected chi connectivity index (χ0v) is 15.5. The number of nitrogens with one attached hydrogen (secondary N) is 1. The van der Waals surface area contributed by atoms with Crippen LogP contribution < -0.4 is 5.32 Å². The summed E-state index contributed by atoms with van der Waals surface area (Å²) in [7, 11) is -3.76. The fraction of sp³-hybridized carbons (Fsp3) is 0.421. The molecule has 1 aliphatic carbocycles. The molecule has 1 aromatic carbocycles. The minimum absolute atomic E-state index is 0.0315. The first kappa shape index (κ1) is 19.2. The number of benzene rings is 1. The first-order chi connectivity index (χ1) is 13.1. The number of alkyl halides is 3. The quantitative estimate of drug-likeness (QED) is 0.706. The van der Waals surface area contributed by atoms with E-state index in [0.29, 0.717) is 49.2 Å². The second-order valence-corrected chi connectivity index (χ2v) is 9.31. The molecule has 9 heteroatoms. The number of sulfone groups is 1. The van der Waals surface area contributed by atoms with Crippen molar-refractivity contribution < 1.29 is 30.8 Å². The average molecular weight is 415 g/mol. The van der Waals surface area contributed by atoms with Crippen LogP contribution >= 0.6 is 0 Å². The number of ketones is 1. The fourth-order valence-corrected chi connectivity index (χ4v) is 6.12. The predicted molar refractivity (Wildman–Crippen MR) is 93.2 cm³/mol. The minimum atomic E-state index is -4.93. The van der Waals surface area contributed by atoms with Gasteiger partial charge >= 0.3 is 6.18 Å². The summed E-state index contributed by atoms with van der Waals surface area (Å²) < 4.78 is 79.1. The van der Waals surface area contributed by atoms with Crippen LogP contribution in [-0.2, 0) is 20.8 Å². The number of dihydropyridines is 1. The van der Waals surface area contributed by atoms with E-state index in [1.165, 1.54) is 0 Å². The van der Waals surface area contributed by atoms with Crippen molar-refractivity contribution in [2.24, 2.45) is 0 Å². The maximum Gasteiger partial charge on any atom is 0.419 e. The second kappa shape index (κ2) is 6.43. The standard InChI is InChI=1S/C19H17F4NO3S/c20-12-7-6-10(9-11(12)19(21,22)23)16-17-13(3-1-5-15(17)25)24-14-4-2-8-28(26,27)18(14)16/h6-7,9,16,24H,1-5,8H2. The molecule has 2 heterocycles. The predicted octanol–water partition coefficient (Wildman–Crippen LogP) is 3.96. The number of hydrogen-bond donors (Lipinski definition) is 1. The van der Waals surface area contributed by atoms with E-state index in [4.69, 9.17) is 0 Å². The second-order valence-electron chi connectivity index (χ2n) is 7.23. The third kappa shape index (κ3) is 3.05. The lowest BCUT2D eigenvalue weighted by Crippen LogP contribution is -2.37. The minimum Gasteiger partial charge on any atom is -0.361 e. The molecule has 0 bridgehead atoms. The van der Waals surface area contributed by atoms with Gasteiger partial charge in [-0.05, 0) is 43.4 Å². The molecule has 1 N–H and O–H groups in total. The Balaban J connectivity index is 1.97. The Labute approximate surface area is 159 Å². The molecule has 150 valence electrons. The van der Waals surface area contributed by atoms with Crippen molar-refractivity contribution in [1.82, 2.24) is 5.32 Å². The summed E-state index contributed by atoms with van der Waals surface area (Å²) in [6.07, 6.45) is -2.79. The van der Waals surface area contributed by atoms with E-state index in [9.17, 15) is 30.8 Å². The van der Waals surface area contributed by atoms with Crippen molar-refractivity contribution in [2.45, 2.75) is 44.2 Å². The molecule has 1 atom stereocenters. The van der Waals surface area contributed by atoms with Crippen LogP contribution in [0, 0.1) is 5.82 Å². The van der Waals surface area contributed by atoms with Crippen LogP contribution in [0.4, 0.5) is 17.6 Å². The Hall–Kier alpha value is -2.16. The Morgan fingerprint density at radius 1 is 1.04 bits per heavy atom. The van der Waals surface area contributed by atoms with E-state index in [1.807, 2.05) is 0 Å². The molecule has 0 spiro atoms. The maximum absolute atomic E-state index is 13.8. The van der Waals surface area contributed by atoms with Crippen LogP contribution in [0.15, 0.2) is 40.1 Å². The van der Waals surface area contributed by atoms with E-state index in [0.717, 1.165) is 6.07 Å². The van der Waals surface area contributed by atoms with Gasteiger partial charge in [-0.15, -0.1) is 0 Å². The van der Waals surface area contributed by atoms with Gasteiger partial charge in [-0.2, -0.15) is 13.2 Å². The maximum atomic E-state index is 13.8. The fourth-order valence-electron chi connectivity index (χ4n) is 4.24. The third-order valence-corrected chi connectivity index (χ3v) is 7.39. The highest BCUT2D eigenvalue weighted by molar-refractivity contribution is 7.95. The van der Waals surface area contributed by atoms with Gasteiger partial charge in [-0.25, -0.2) is 12.8 Å². The number of rotatable bonds is 1. The molecular formula is C19H17F4NO3S. The highest BCUT2D eigenvalue weighted by atomic mass is 32.2. The summed E-state index contributed by atoms with van der Waals surface area (Å²) in [6, 6.07) is 2.46.